The van der Waals surface area contributed by atoms with Gasteiger partial charge >= 0.3 is 18.2 Å². The summed E-state index contributed by atoms with van der Waals surface area (Å²) in [5.74, 6) is -0.302. The normalized spacial score (nSPS) is 16.8. The summed E-state index contributed by atoms with van der Waals surface area (Å²) in [7, 11) is 0. The number of ether oxygens (including phenoxy) is 4. The van der Waals surface area contributed by atoms with E-state index in [4.69, 9.17) is 18.9 Å². The molecule has 1 saturated heterocycles. The summed E-state index contributed by atoms with van der Waals surface area (Å²) in [6.07, 6.45) is -0.676. The molecule has 0 radical (unpaired) electrons. The molecule has 0 aromatic heterocycles. The van der Waals surface area contributed by atoms with Gasteiger partial charge in [-0.2, -0.15) is 0 Å². The molecule has 1 N–H and O–H groups in total. The number of hydrogen-bond acceptors (Lipinski definition) is 7. The minimum Gasteiger partial charge on any atom is -0.463 e. The van der Waals surface area contributed by atoms with E-state index in [1.165, 1.54) is 0 Å². The van der Waals surface area contributed by atoms with Crippen molar-refractivity contribution in [3.8, 4) is 0 Å². The minimum absolute atomic E-state index is 0.0504. The number of esters is 1. The third kappa shape index (κ3) is 6.33. The zero-order valence-electron chi connectivity index (χ0n) is 14.1. The topological polar surface area (TPSA) is 100 Å². The fourth-order valence-electron chi connectivity index (χ4n) is 1.56. The molecule has 0 aromatic rings. The van der Waals surface area contributed by atoms with Crippen molar-refractivity contribution in [3.05, 3.63) is 0 Å². The molecule has 1 aliphatic heterocycles. The van der Waals surface area contributed by atoms with Crippen LogP contribution in [0.3, 0.4) is 0 Å². The van der Waals surface area contributed by atoms with Crippen LogP contribution in [0.2, 0.25) is 0 Å². The van der Waals surface area contributed by atoms with Crippen LogP contribution in [0, 0.1) is 10.8 Å². The average molecular weight is 331 g/mol. The van der Waals surface area contributed by atoms with Gasteiger partial charge in [-0.25, -0.2) is 9.59 Å². The van der Waals surface area contributed by atoms with E-state index >= 15 is 0 Å². The smallest absolute Gasteiger partial charge is 0.463 e. The van der Waals surface area contributed by atoms with Gasteiger partial charge in [0, 0.05) is 0 Å². The number of carbonyl (C=O) groups excluding carboxylic acids is 3. The number of amides is 1. The van der Waals surface area contributed by atoms with Gasteiger partial charge in [-0.3, -0.25) is 4.79 Å². The van der Waals surface area contributed by atoms with Crippen LogP contribution >= 0.6 is 0 Å². The molecule has 1 rings (SSSR count). The Hall–Kier alpha value is -1.99. The number of carbonyl (C=O) groups is 3. The quantitative estimate of drug-likeness (QED) is 0.432. The van der Waals surface area contributed by atoms with Crippen LogP contribution < -0.4 is 5.32 Å². The molecule has 8 heteroatoms. The van der Waals surface area contributed by atoms with Crippen LogP contribution in [-0.4, -0.2) is 51.2 Å². The Morgan fingerprint density at radius 3 is 2.43 bits per heavy atom. The van der Waals surface area contributed by atoms with E-state index in [1.807, 2.05) is 6.92 Å². The van der Waals surface area contributed by atoms with Gasteiger partial charge < -0.3 is 24.3 Å². The average Bonchev–Trinajstić information content (AvgIpc) is 2.52. The second-order valence-electron chi connectivity index (χ2n) is 6.51. The van der Waals surface area contributed by atoms with E-state index in [1.54, 1.807) is 20.8 Å². The maximum absolute atomic E-state index is 11.7. The van der Waals surface area contributed by atoms with Gasteiger partial charge in [-0.05, 0) is 27.2 Å². The number of nitrogens with one attached hydrogen (secondary N) is 1. The zero-order chi connectivity index (χ0) is 17.5. The van der Waals surface area contributed by atoms with E-state index in [0.717, 1.165) is 0 Å². The van der Waals surface area contributed by atoms with E-state index in [2.05, 4.69) is 5.32 Å². The van der Waals surface area contributed by atoms with Crippen molar-refractivity contribution >= 4 is 18.2 Å². The monoisotopic (exact) mass is 331 g/mol. The highest BCUT2D eigenvalue weighted by Crippen LogP contribution is 2.22. The lowest BCUT2D eigenvalue weighted by molar-refractivity contribution is -0.153. The minimum atomic E-state index is -0.719. The van der Waals surface area contributed by atoms with Crippen LogP contribution in [0.4, 0.5) is 9.59 Å². The third-order valence-electron chi connectivity index (χ3n) is 3.67. The second kappa shape index (κ2) is 8.03. The van der Waals surface area contributed by atoms with Crippen LogP contribution in [0.25, 0.3) is 0 Å². The Bertz CT molecular complexity index is 437. The highest BCUT2D eigenvalue weighted by Gasteiger charge is 2.34. The summed E-state index contributed by atoms with van der Waals surface area (Å²) in [6.45, 7) is 7.83. The van der Waals surface area contributed by atoms with Crippen LogP contribution in [-0.2, 0) is 23.7 Å². The molecule has 8 nitrogen and oxygen atoms in total. The Morgan fingerprint density at radius 1 is 1.26 bits per heavy atom. The lowest BCUT2D eigenvalue weighted by Gasteiger charge is -2.31. The molecule has 0 bridgehead atoms. The fraction of sp³-hybridized carbons (Fsp3) is 0.800. The van der Waals surface area contributed by atoms with Gasteiger partial charge in [0.2, 0.25) is 0 Å². The summed E-state index contributed by atoms with van der Waals surface area (Å²) in [5, 5.41) is 2.49. The molecule has 0 atom stereocenters. The van der Waals surface area contributed by atoms with E-state index in [0.29, 0.717) is 6.42 Å². The van der Waals surface area contributed by atoms with Crippen molar-refractivity contribution in [2.75, 3.05) is 33.0 Å². The Labute approximate surface area is 135 Å². The molecule has 0 unspecified atom stereocenters. The highest BCUT2D eigenvalue weighted by molar-refractivity contribution is 5.75. The van der Waals surface area contributed by atoms with Gasteiger partial charge in [0.25, 0.3) is 0 Å². The summed E-state index contributed by atoms with van der Waals surface area (Å²) >= 11 is 0. The van der Waals surface area contributed by atoms with Crippen LogP contribution in [0.15, 0.2) is 0 Å². The van der Waals surface area contributed by atoms with Crippen molar-refractivity contribution in [2.45, 2.75) is 34.1 Å². The first-order valence-corrected chi connectivity index (χ1v) is 7.56. The first-order chi connectivity index (χ1) is 10.7. The van der Waals surface area contributed by atoms with Gasteiger partial charge in [0.15, 0.2) is 0 Å². The molecule has 1 fully saturated rings. The summed E-state index contributed by atoms with van der Waals surface area (Å²) < 4.78 is 19.7. The van der Waals surface area contributed by atoms with Gasteiger partial charge in [-0.15, -0.1) is 0 Å². The molecule has 0 spiro atoms. The predicted molar refractivity (Wildman–Crippen MR) is 79.8 cm³/mol. The predicted octanol–water partition coefficient (Wildman–Crippen LogP) is 1.87. The molecule has 0 aliphatic carbocycles. The van der Waals surface area contributed by atoms with Crippen molar-refractivity contribution in [3.63, 3.8) is 0 Å². The molecule has 23 heavy (non-hydrogen) atoms. The first-order valence-electron chi connectivity index (χ1n) is 7.56. The molecular formula is C15H25NO7. The maximum atomic E-state index is 11.7. The summed E-state index contributed by atoms with van der Waals surface area (Å²) in [4.78, 5) is 34.1. The van der Waals surface area contributed by atoms with Crippen molar-refractivity contribution in [2.24, 2.45) is 10.8 Å². The number of rotatable bonds is 7. The van der Waals surface area contributed by atoms with Gasteiger partial charge in [-0.1, -0.05) is 6.92 Å². The molecule has 1 amide bonds. The Kier molecular flexibility index (Phi) is 6.65. The van der Waals surface area contributed by atoms with E-state index in [-0.39, 0.29) is 38.9 Å². The first kappa shape index (κ1) is 19.1. The molecule has 1 aliphatic rings. The van der Waals surface area contributed by atoms with Gasteiger partial charge in [0.05, 0.1) is 17.4 Å². The Morgan fingerprint density at radius 2 is 1.87 bits per heavy atom. The number of alkyl carbamates (subject to hydrolysis) is 1. The fourth-order valence-corrected chi connectivity index (χ4v) is 1.56. The van der Waals surface area contributed by atoms with Gasteiger partial charge in [0.1, 0.15) is 26.4 Å². The number of hydrogen-bond donors (Lipinski definition) is 1. The third-order valence-corrected chi connectivity index (χ3v) is 3.67. The van der Waals surface area contributed by atoms with E-state index in [9.17, 15) is 14.4 Å². The van der Waals surface area contributed by atoms with Crippen molar-refractivity contribution in [1.29, 1.82) is 0 Å². The van der Waals surface area contributed by atoms with Crippen molar-refractivity contribution in [1.82, 2.24) is 5.32 Å². The highest BCUT2D eigenvalue weighted by atomic mass is 16.7. The standard InChI is InChI=1S/C15H25NO7/c1-5-14(2,3)11(17)20-7-6-16-12(18)21-8-15(4)9-22-13(19)23-10-15/h5-10H2,1-4H3,(H,16,18). The zero-order valence-corrected chi connectivity index (χ0v) is 14.1. The van der Waals surface area contributed by atoms with E-state index < -0.39 is 23.1 Å². The number of cyclic esters (lactones) is 2. The summed E-state index contributed by atoms with van der Waals surface area (Å²) in [5.41, 5.74) is -1.10. The summed E-state index contributed by atoms with van der Waals surface area (Å²) in [6, 6.07) is 0. The SMILES string of the molecule is CCC(C)(C)C(=O)OCCNC(=O)OCC1(C)COC(=O)OC1. The Balaban J connectivity index is 2.18. The van der Waals surface area contributed by atoms with Crippen molar-refractivity contribution < 1.29 is 33.3 Å². The van der Waals surface area contributed by atoms with Crippen LogP contribution in [0.1, 0.15) is 34.1 Å². The molecule has 0 saturated carbocycles. The largest absolute Gasteiger partial charge is 0.508 e. The second-order valence-corrected chi connectivity index (χ2v) is 6.51. The molecule has 132 valence electrons. The molecule has 1 heterocycles. The van der Waals surface area contributed by atoms with Crippen LogP contribution in [0.5, 0.6) is 0 Å². The molecular weight excluding hydrogens is 306 g/mol. The lowest BCUT2D eigenvalue weighted by Crippen LogP contribution is -2.42. The maximum Gasteiger partial charge on any atom is 0.508 e. The molecule has 0 aromatic carbocycles. The lowest BCUT2D eigenvalue weighted by atomic mass is 9.91.